The highest BCUT2D eigenvalue weighted by Crippen LogP contribution is 2.03. The van der Waals surface area contributed by atoms with Gasteiger partial charge in [0.05, 0.1) is 11.5 Å². The zero-order valence-electron chi connectivity index (χ0n) is 7.78. The highest BCUT2D eigenvalue weighted by molar-refractivity contribution is 7.80. The average molecular weight is 215 g/mol. The number of amides is 3. The van der Waals surface area contributed by atoms with Crippen molar-refractivity contribution in [1.82, 2.24) is 10.2 Å². The van der Waals surface area contributed by atoms with Gasteiger partial charge in [0.2, 0.25) is 5.91 Å². The molecule has 0 atom stereocenters. The van der Waals surface area contributed by atoms with Crippen molar-refractivity contribution in [3.8, 4) is 0 Å². The highest BCUT2D eigenvalue weighted by Gasteiger charge is 2.27. The molecule has 1 aliphatic rings. The van der Waals surface area contributed by atoms with E-state index in [4.69, 9.17) is 18.0 Å². The maximum absolute atomic E-state index is 11.1. The van der Waals surface area contributed by atoms with Gasteiger partial charge in [-0.2, -0.15) is 0 Å². The largest absolute Gasteiger partial charge is 0.393 e. The van der Waals surface area contributed by atoms with Crippen molar-refractivity contribution in [2.24, 2.45) is 5.73 Å². The Morgan fingerprint density at radius 1 is 1.50 bits per heavy atom. The number of thiocarbonyl (C=S) groups is 1. The lowest BCUT2D eigenvalue weighted by molar-refractivity contribution is -0.125. The summed E-state index contributed by atoms with van der Waals surface area (Å²) in [5, 5.41) is 2.46. The zero-order valence-corrected chi connectivity index (χ0v) is 8.60. The van der Waals surface area contributed by atoms with Crippen molar-refractivity contribution < 1.29 is 9.59 Å². The first-order valence-corrected chi connectivity index (χ1v) is 4.88. The molecule has 5 nitrogen and oxygen atoms in total. The Morgan fingerprint density at radius 3 is 2.71 bits per heavy atom. The number of imide groups is 1. The third-order valence-electron chi connectivity index (χ3n) is 1.99. The average Bonchev–Trinajstić information content (AvgIpc) is 2.42. The van der Waals surface area contributed by atoms with Gasteiger partial charge in [0.15, 0.2) is 0 Å². The van der Waals surface area contributed by atoms with E-state index in [0.29, 0.717) is 18.0 Å². The summed E-state index contributed by atoms with van der Waals surface area (Å²) in [5.74, 6) is -0.162. The van der Waals surface area contributed by atoms with E-state index in [1.165, 1.54) is 4.90 Å². The summed E-state index contributed by atoms with van der Waals surface area (Å²) < 4.78 is 0. The van der Waals surface area contributed by atoms with E-state index >= 15 is 0 Å². The maximum atomic E-state index is 11.1. The Morgan fingerprint density at radius 2 is 2.21 bits per heavy atom. The molecule has 0 radical (unpaired) electrons. The molecular formula is C8H13N3O2S. The summed E-state index contributed by atoms with van der Waals surface area (Å²) in [5.41, 5.74) is 5.31. The fourth-order valence-electron chi connectivity index (χ4n) is 1.25. The maximum Gasteiger partial charge on any atom is 0.324 e. The van der Waals surface area contributed by atoms with Gasteiger partial charge < -0.3 is 11.1 Å². The van der Waals surface area contributed by atoms with Gasteiger partial charge in [-0.3, -0.25) is 9.69 Å². The van der Waals surface area contributed by atoms with Crippen molar-refractivity contribution >= 4 is 29.1 Å². The molecule has 0 bridgehead atoms. The van der Waals surface area contributed by atoms with Crippen LogP contribution in [0.3, 0.4) is 0 Å². The van der Waals surface area contributed by atoms with Crippen molar-refractivity contribution in [3.05, 3.63) is 0 Å². The van der Waals surface area contributed by atoms with Crippen molar-refractivity contribution in [2.75, 3.05) is 13.1 Å². The third kappa shape index (κ3) is 2.95. The van der Waals surface area contributed by atoms with E-state index in [1.54, 1.807) is 0 Å². The number of hydrogen-bond acceptors (Lipinski definition) is 3. The second-order valence-electron chi connectivity index (χ2n) is 3.13. The van der Waals surface area contributed by atoms with Crippen LogP contribution in [0.25, 0.3) is 0 Å². The molecule has 1 heterocycles. The van der Waals surface area contributed by atoms with Crippen LogP contribution in [0.4, 0.5) is 4.79 Å². The predicted molar refractivity (Wildman–Crippen MR) is 55.7 cm³/mol. The quantitative estimate of drug-likeness (QED) is 0.384. The lowest BCUT2D eigenvalue weighted by Crippen LogP contribution is -2.31. The van der Waals surface area contributed by atoms with Gasteiger partial charge in [-0.05, 0) is 19.3 Å². The minimum atomic E-state index is -0.301. The molecule has 3 amide bonds. The fraction of sp³-hybridized carbons (Fsp3) is 0.625. The monoisotopic (exact) mass is 215 g/mol. The second-order valence-corrected chi connectivity index (χ2v) is 3.65. The summed E-state index contributed by atoms with van der Waals surface area (Å²) in [4.78, 5) is 23.9. The summed E-state index contributed by atoms with van der Waals surface area (Å²) in [6.45, 7) is 0.571. The lowest BCUT2D eigenvalue weighted by Gasteiger charge is -2.11. The number of nitrogens with two attached hydrogens (primary N) is 1. The zero-order chi connectivity index (χ0) is 10.6. The van der Waals surface area contributed by atoms with Gasteiger partial charge in [-0.25, -0.2) is 4.79 Å². The van der Waals surface area contributed by atoms with Gasteiger partial charge in [0.25, 0.3) is 0 Å². The molecule has 1 aliphatic heterocycles. The van der Waals surface area contributed by atoms with E-state index < -0.39 is 0 Å². The first-order chi connectivity index (χ1) is 6.61. The van der Waals surface area contributed by atoms with Crippen molar-refractivity contribution in [3.63, 3.8) is 0 Å². The van der Waals surface area contributed by atoms with E-state index in [9.17, 15) is 9.59 Å². The number of carbonyl (C=O) groups is 2. The Hall–Kier alpha value is -1.17. The molecule has 0 aliphatic carbocycles. The molecule has 1 saturated heterocycles. The normalized spacial score (nSPS) is 15.9. The van der Waals surface area contributed by atoms with Crippen molar-refractivity contribution in [2.45, 2.75) is 19.3 Å². The molecule has 1 fully saturated rings. The molecule has 78 valence electrons. The second kappa shape index (κ2) is 4.90. The van der Waals surface area contributed by atoms with Crippen LogP contribution in [-0.2, 0) is 4.79 Å². The predicted octanol–water partition coefficient (Wildman–Crippen LogP) is -0.00540. The summed E-state index contributed by atoms with van der Waals surface area (Å²) >= 11 is 4.71. The smallest absolute Gasteiger partial charge is 0.324 e. The number of unbranched alkanes of at least 4 members (excludes halogenated alkanes) is 1. The molecule has 0 aromatic heterocycles. The van der Waals surface area contributed by atoms with E-state index in [-0.39, 0.29) is 18.5 Å². The Balaban J connectivity index is 2.20. The minimum absolute atomic E-state index is 0.119. The number of nitrogens with zero attached hydrogens (tertiary/aromatic N) is 1. The van der Waals surface area contributed by atoms with Crippen LogP contribution in [0.5, 0.6) is 0 Å². The van der Waals surface area contributed by atoms with E-state index in [2.05, 4.69) is 5.32 Å². The summed E-state index contributed by atoms with van der Waals surface area (Å²) in [6.07, 6.45) is 2.22. The van der Waals surface area contributed by atoms with Gasteiger partial charge in [0, 0.05) is 6.54 Å². The van der Waals surface area contributed by atoms with Crippen LogP contribution < -0.4 is 11.1 Å². The van der Waals surface area contributed by atoms with Gasteiger partial charge in [-0.15, -0.1) is 0 Å². The fourth-order valence-corrected chi connectivity index (χ4v) is 1.40. The Labute approximate surface area is 87.6 Å². The number of urea groups is 1. The van der Waals surface area contributed by atoms with E-state index in [0.717, 1.165) is 12.8 Å². The van der Waals surface area contributed by atoms with Gasteiger partial charge in [-0.1, -0.05) is 12.2 Å². The van der Waals surface area contributed by atoms with Crippen LogP contribution in [0.15, 0.2) is 0 Å². The SMILES string of the molecule is NC(=S)CCCCN1C(=O)CNC1=O. The van der Waals surface area contributed by atoms with Crippen LogP contribution in [0.2, 0.25) is 0 Å². The number of carbonyl (C=O) groups excluding carboxylic acids is 2. The molecule has 0 saturated carbocycles. The summed E-state index contributed by atoms with van der Waals surface area (Å²) in [7, 11) is 0. The van der Waals surface area contributed by atoms with Gasteiger partial charge >= 0.3 is 6.03 Å². The molecule has 14 heavy (non-hydrogen) atoms. The molecular weight excluding hydrogens is 202 g/mol. The molecule has 0 spiro atoms. The number of nitrogens with one attached hydrogen (secondary N) is 1. The lowest BCUT2D eigenvalue weighted by atomic mass is 10.2. The number of hydrogen-bond donors (Lipinski definition) is 2. The van der Waals surface area contributed by atoms with Crippen molar-refractivity contribution in [1.29, 1.82) is 0 Å². The molecule has 0 aromatic carbocycles. The molecule has 1 rings (SSSR count). The third-order valence-corrected chi connectivity index (χ3v) is 2.20. The number of rotatable bonds is 5. The summed E-state index contributed by atoms with van der Waals surface area (Å²) in [6, 6.07) is -0.301. The van der Waals surface area contributed by atoms with Crippen LogP contribution >= 0.6 is 12.2 Å². The van der Waals surface area contributed by atoms with Crippen LogP contribution in [0, 0.1) is 0 Å². The van der Waals surface area contributed by atoms with Crippen LogP contribution in [0.1, 0.15) is 19.3 Å². The Bertz CT molecular complexity index is 251. The minimum Gasteiger partial charge on any atom is -0.393 e. The molecule has 0 aromatic rings. The van der Waals surface area contributed by atoms with Crippen LogP contribution in [-0.4, -0.2) is 34.9 Å². The Kier molecular flexibility index (Phi) is 3.82. The molecule has 6 heteroatoms. The molecule has 0 unspecified atom stereocenters. The first-order valence-electron chi connectivity index (χ1n) is 4.48. The van der Waals surface area contributed by atoms with Gasteiger partial charge in [0.1, 0.15) is 0 Å². The topological polar surface area (TPSA) is 75.4 Å². The van der Waals surface area contributed by atoms with E-state index in [1.807, 2.05) is 0 Å². The first kappa shape index (κ1) is 10.9. The standard InChI is InChI=1S/C8H13N3O2S/c9-6(14)3-1-2-4-11-7(12)5-10-8(11)13/h1-5H2,(H2,9,14)(H,10,13). The molecule has 3 N–H and O–H groups in total. The highest BCUT2D eigenvalue weighted by atomic mass is 32.1.